The van der Waals surface area contributed by atoms with Crippen LogP contribution in [0.1, 0.15) is 37.8 Å². The molecular formula is C27H41ClN2O4. The monoisotopic (exact) mass is 492 g/mol. The van der Waals surface area contributed by atoms with Gasteiger partial charge in [0.15, 0.2) is 11.5 Å². The molecule has 0 spiro atoms. The van der Waals surface area contributed by atoms with Gasteiger partial charge in [0, 0.05) is 38.9 Å². The molecule has 1 fully saturated rings. The third kappa shape index (κ3) is 7.59. The Hall–Kier alpha value is -1.83. The van der Waals surface area contributed by atoms with Crippen molar-refractivity contribution < 1.29 is 19.3 Å². The predicted octanol–water partition coefficient (Wildman–Crippen LogP) is 4.19. The fourth-order valence-electron chi connectivity index (χ4n) is 5.17. The number of nitrogens with one attached hydrogen (secondary N) is 2. The number of rotatable bonds is 12. The van der Waals surface area contributed by atoms with Crippen molar-refractivity contribution in [2.24, 2.45) is 11.3 Å². The SMILES string of the molecule is COc1ccc(CNCNCC(CO)C2(Cc3ccccc3)CCOC(C)(C)C2)cc1OC.Cl. The van der Waals surface area contributed by atoms with E-state index in [9.17, 15) is 5.11 Å². The van der Waals surface area contributed by atoms with Gasteiger partial charge in [0.1, 0.15) is 0 Å². The van der Waals surface area contributed by atoms with Gasteiger partial charge >= 0.3 is 0 Å². The van der Waals surface area contributed by atoms with Crippen molar-refractivity contribution in [2.75, 3.05) is 40.6 Å². The van der Waals surface area contributed by atoms with E-state index in [2.05, 4.69) is 54.8 Å². The zero-order valence-corrected chi connectivity index (χ0v) is 21.7. The Morgan fingerprint density at radius 2 is 1.74 bits per heavy atom. The summed E-state index contributed by atoms with van der Waals surface area (Å²) in [7, 11) is 3.29. The van der Waals surface area contributed by atoms with Crippen LogP contribution >= 0.6 is 12.4 Å². The van der Waals surface area contributed by atoms with Crippen molar-refractivity contribution in [1.29, 1.82) is 0 Å². The van der Waals surface area contributed by atoms with Gasteiger partial charge in [-0.15, -0.1) is 12.4 Å². The summed E-state index contributed by atoms with van der Waals surface area (Å²) >= 11 is 0. The van der Waals surface area contributed by atoms with E-state index in [1.807, 2.05) is 18.2 Å². The molecule has 3 rings (SSSR count). The van der Waals surface area contributed by atoms with Crippen molar-refractivity contribution in [1.82, 2.24) is 10.6 Å². The molecule has 7 heteroatoms. The standard InChI is InChI=1S/C27H40N2O4.ClH/c1-26(2)19-27(12-13-33-26,15-21-8-6-5-7-9-21)23(18-30)17-29-20-28-16-22-10-11-24(31-3)25(14-22)32-4;/h5-11,14,23,28-30H,12-13,15-20H2,1-4H3;1H. The Labute approximate surface area is 210 Å². The van der Waals surface area contributed by atoms with E-state index < -0.39 is 0 Å². The average Bonchev–Trinajstić information content (AvgIpc) is 2.81. The number of aliphatic hydroxyl groups is 1. The van der Waals surface area contributed by atoms with Crippen LogP contribution in [0, 0.1) is 11.3 Å². The van der Waals surface area contributed by atoms with E-state index in [0.29, 0.717) is 13.2 Å². The van der Waals surface area contributed by atoms with E-state index >= 15 is 0 Å². The van der Waals surface area contributed by atoms with Crippen LogP contribution in [0.5, 0.6) is 11.5 Å². The summed E-state index contributed by atoms with van der Waals surface area (Å²) in [6.07, 6.45) is 2.84. The highest BCUT2D eigenvalue weighted by atomic mass is 35.5. The summed E-state index contributed by atoms with van der Waals surface area (Å²) in [6, 6.07) is 16.6. The van der Waals surface area contributed by atoms with Gasteiger partial charge in [-0.1, -0.05) is 36.4 Å². The van der Waals surface area contributed by atoms with Crippen LogP contribution in [0.3, 0.4) is 0 Å². The van der Waals surface area contributed by atoms with Gasteiger partial charge in [-0.25, -0.2) is 0 Å². The highest BCUT2D eigenvalue weighted by Crippen LogP contribution is 2.46. The first kappa shape index (κ1) is 28.4. The molecule has 0 aliphatic carbocycles. The van der Waals surface area contributed by atoms with E-state index in [1.165, 1.54) is 5.56 Å². The lowest BCUT2D eigenvalue weighted by molar-refractivity contribution is -0.127. The Morgan fingerprint density at radius 3 is 2.38 bits per heavy atom. The van der Waals surface area contributed by atoms with E-state index in [1.54, 1.807) is 14.2 Å². The van der Waals surface area contributed by atoms with Crippen LogP contribution in [0.25, 0.3) is 0 Å². The van der Waals surface area contributed by atoms with Crippen molar-refractivity contribution in [3.8, 4) is 11.5 Å². The Bertz CT molecular complexity index is 865. The molecule has 2 atom stereocenters. The number of halogens is 1. The molecule has 0 bridgehead atoms. The van der Waals surface area contributed by atoms with Crippen molar-refractivity contribution in [2.45, 2.75) is 45.3 Å². The lowest BCUT2D eigenvalue weighted by Crippen LogP contribution is -2.50. The van der Waals surface area contributed by atoms with Gasteiger partial charge < -0.3 is 30.0 Å². The first-order valence-corrected chi connectivity index (χ1v) is 11.8. The number of benzene rings is 2. The molecule has 190 valence electrons. The van der Waals surface area contributed by atoms with Crippen LogP contribution in [0.15, 0.2) is 48.5 Å². The number of hydrogen-bond donors (Lipinski definition) is 3. The van der Waals surface area contributed by atoms with Crippen LogP contribution in [0.4, 0.5) is 0 Å². The van der Waals surface area contributed by atoms with Crippen molar-refractivity contribution in [3.05, 3.63) is 59.7 Å². The fraction of sp³-hybridized carbons (Fsp3) is 0.556. The summed E-state index contributed by atoms with van der Waals surface area (Å²) in [5.74, 6) is 1.60. The predicted molar refractivity (Wildman–Crippen MR) is 139 cm³/mol. The van der Waals surface area contributed by atoms with Crippen LogP contribution in [0.2, 0.25) is 0 Å². The number of methoxy groups -OCH3 is 2. The maximum atomic E-state index is 10.4. The minimum absolute atomic E-state index is 0. The third-order valence-corrected chi connectivity index (χ3v) is 6.77. The summed E-state index contributed by atoms with van der Waals surface area (Å²) in [6.45, 7) is 7.34. The van der Waals surface area contributed by atoms with Crippen molar-refractivity contribution in [3.63, 3.8) is 0 Å². The van der Waals surface area contributed by atoms with Crippen molar-refractivity contribution >= 4 is 12.4 Å². The number of ether oxygens (including phenoxy) is 3. The van der Waals surface area contributed by atoms with Gasteiger partial charge in [-0.3, -0.25) is 0 Å². The molecule has 3 N–H and O–H groups in total. The number of hydrogen-bond acceptors (Lipinski definition) is 6. The number of aliphatic hydroxyl groups excluding tert-OH is 1. The molecule has 2 unspecified atom stereocenters. The third-order valence-electron chi connectivity index (χ3n) is 6.77. The molecule has 0 saturated carbocycles. The molecule has 0 radical (unpaired) electrons. The lowest BCUT2D eigenvalue weighted by Gasteiger charge is -2.49. The van der Waals surface area contributed by atoms with Crippen LogP contribution in [-0.2, 0) is 17.7 Å². The Balaban J connectivity index is 0.00000408. The summed E-state index contributed by atoms with van der Waals surface area (Å²) < 4.78 is 16.7. The van der Waals surface area contributed by atoms with E-state index in [0.717, 1.165) is 49.5 Å². The molecule has 2 aromatic carbocycles. The quantitative estimate of drug-likeness (QED) is 0.305. The van der Waals surface area contributed by atoms with Gasteiger partial charge in [0.05, 0.1) is 19.8 Å². The van der Waals surface area contributed by atoms with E-state index in [-0.39, 0.29) is 35.9 Å². The molecule has 1 saturated heterocycles. The van der Waals surface area contributed by atoms with Crippen LogP contribution in [-0.4, -0.2) is 51.4 Å². The van der Waals surface area contributed by atoms with Gasteiger partial charge in [0.2, 0.25) is 0 Å². The largest absolute Gasteiger partial charge is 0.493 e. The lowest BCUT2D eigenvalue weighted by atomic mass is 9.63. The normalized spacial score (nSPS) is 20.3. The zero-order chi connectivity index (χ0) is 23.7. The molecule has 1 aliphatic heterocycles. The van der Waals surface area contributed by atoms with E-state index in [4.69, 9.17) is 14.2 Å². The summed E-state index contributed by atoms with van der Waals surface area (Å²) in [5, 5.41) is 17.4. The first-order valence-electron chi connectivity index (χ1n) is 11.8. The van der Waals surface area contributed by atoms with Gasteiger partial charge in [0.25, 0.3) is 0 Å². The molecule has 1 heterocycles. The topological polar surface area (TPSA) is 72.0 Å². The molecule has 34 heavy (non-hydrogen) atoms. The molecule has 1 aliphatic rings. The molecule has 2 aromatic rings. The van der Waals surface area contributed by atoms with Gasteiger partial charge in [-0.05, 0) is 61.8 Å². The zero-order valence-electron chi connectivity index (χ0n) is 20.9. The fourth-order valence-corrected chi connectivity index (χ4v) is 5.17. The highest BCUT2D eigenvalue weighted by Gasteiger charge is 2.45. The minimum Gasteiger partial charge on any atom is -0.493 e. The summed E-state index contributed by atoms with van der Waals surface area (Å²) in [5.41, 5.74) is 2.25. The second kappa shape index (κ2) is 13.3. The second-order valence-corrected chi connectivity index (χ2v) is 9.69. The smallest absolute Gasteiger partial charge is 0.161 e. The Kier molecular flexibility index (Phi) is 11.1. The molecule has 6 nitrogen and oxygen atoms in total. The first-order chi connectivity index (χ1) is 15.9. The highest BCUT2D eigenvalue weighted by molar-refractivity contribution is 5.85. The van der Waals surface area contributed by atoms with Crippen LogP contribution < -0.4 is 20.1 Å². The maximum Gasteiger partial charge on any atom is 0.161 e. The van der Waals surface area contributed by atoms with Gasteiger partial charge in [-0.2, -0.15) is 0 Å². The Morgan fingerprint density at radius 1 is 1.00 bits per heavy atom. The average molecular weight is 493 g/mol. The minimum atomic E-state index is -0.188. The summed E-state index contributed by atoms with van der Waals surface area (Å²) in [4.78, 5) is 0. The molecule has 0 aromatic heterocycles. The second-order valence-electron chi connectivity index (χ2n) is 9.69. The maximum absolute atomic E-state index is 10.4. The molecular weight excluding hydrogens is 452 g/mol. The molecule has 0 amide bonds.